The minimum absolute atomic E-state index is 0.0319. The molecule has 1 amide bonds. The summed E-state index contributed by atoms with van der Waals surface area (Å²) >= 11 is 0. The van der Waals surface area contributed by atoms with Crippen LogP contribution in [0.2, 0.25) is 0 Å². The van der Waals surface area contributed by atoms with E-state index in [2.05, 4.69) is 15.7 Å². The topological polar surface area (TPSA) is 114 Å². The van der Waals surface area contributed by atoms with Crippen molar-refractivity contribution in [3.63, 3.8) is 0 Å². The number of nitrogens with zero attached hydrogens (tertiary/aromatic N) is 7. The Balaban J connectivity index is 1.21. The lowest BCUT2D eigenvalue weighted by molar-refractivity contribution is 0.0209. The first kappa shape index (κ1) is 33.6. The predicted molar refractivity (Wildman–Crippen MR) is 199 cm³/mol. The van der Waals surface area contributed by atoms with Crippen molar-refractivity contribution in [3.05, 3.63) is 54.1 Å². The number of carbonyl (C=O) groups excluding carboxylic acids is 1. The Morgan fingerprint density at radius 3 is 2.66 bits per heavy atom. The van der Waals surface area contributed by atoms with Crippen LogP contribution in [-0.2, 0) is 4.74 Å². The van der Waals surface area contributed by atoms with Crippen LogP contribution in [0, 0.1) is 18.2 Å². The number of hydrogen-bond donors (Lipinski definition) is 1. The van der Waals surface area contributed by atoms with Gasteiger partial charge < -0.3 is 25.0 Å². The lowest BCUT2D eigenvalue weighted by atomic mass is 9.94. The summed E-state index contributed by atoms with van der Waals surface area (Å²) in [4.78, 5) is 34.4. The minimum atomic E-state index is -0.896. The highest BCUT2D eigenvalue weighted by molar-refractivity contribution is 6.07. The van der Waals surface area contributed by atoms with Crippen LogP contribution in [0.3, 0.4) is 0 Å². The predicted octanol–water partition coefficient (Wildman–Crippen LogP) is 6.34. The summed E-state index contributed by atoms with van der Waals surface area (Å²) in [5, 5.41) is 1.25. The summed E-state index contributed by atoms with van der Waals surface area (Å²) in [6, 6.07) is 8.63. The fraction of sp³-hybridized carbons (Fsp3) is 0.450. The summed E-state index contributed by atoms with van der Waals surface area (Å²) in [5.41, 5.74) is 9.22. The molecule has 13 heteroatoms. The van der Waals surface area contributed by atoms with Crippen molar-refractivity contribution in [3.8, 4) is 29.5 Å². The number of nitrogen functional groups attached to an aromatic ring is 1. The van der Waals surface area contributed by atoms with Crippen LogP contribution in [0.5, 0.6) is 6.01 Å². The number of alkyl halides is 1. The molecule has 0 spiro atoms. The van der Waals surface area contributed by atoms with E-state index < -0.39 is 23.1 Å². The number of pyridine rings is 1. The Kier molecular flexibility index (Phi) is 7.71. The third kappa shape index (κ3) is 5.57. The summed E-state index contributed by atoms with van der Waals surface area (Å²) < 4.78 is 44.1. The number of aromatic nitrogens is 4. The van der Waals surface area contributed by atoms with Gasteiger partial charge in [0.1, 0.15) is 35.4 Å². The number of carbonyl (C=O) groups is 1. The first-order chi connectivity index (χ1) is 25.4. The van der Waals surface area contributed by atoms with Crippen LogP contribution in [0.1, 0.15) is 58.4 Å². The average molecular weight is 721 g/mol. The zero-order valence-electron chi connectivity index (χ0n) is 30.1. The van der Waals surface area contributed by atoms with Crippen LogP contribution >= 0.6 is 0 Å². The van der Waals surface area contributed by atoms with Gasteiger partial charge in [-0.3, -0.25) is 9.30 Å². The van der Waals surface area contributed by atoms with Gasteiger partial charge in [0.25, 0.3) is 0 Å². The van der Waals surface area contributed by atoms with Crippen molar-refractivity contribution in [1.82, 2.24) is 29.2 Å². The Morgan fingerprint density at radius 2 is 1.91 bits per heavy atom. The molecule has 4 atom stereocenters. The fourth-order valence-electron chi connectivity index (χ4n) is 9.29. The molecule has 0 saturated carbocycles. The highest BCUT2D eigenvalue weighted by atomic mass is 19.1. The van der Waals surface area contributed by atoms with Crippen molar-refractivity contribution < 1.29 is 23.0 Å². The fourth-order valence-corrected chi connectivity index (χ4v) is 9.29. The van der Waals surface area contributed by atoms with E-state index in [1.54, 1.807) is 29.3 Å². The van der Waals surface area contributed by atoms with Crippen LogP contribution in [0.4, 0.5) is 25.1 Å². The number of fused-ring (bicyclic) bond motifs is 7. The van der Waals surface area contributed by atoms with Crippen molar-refractivity contribution in [2.75, 3.05) is 43.4 Å². The van der Waals surface area contributed by atoms with Crippen molar-refractivity contribution in [2.45, 2.75) is 82.3 Å². The van der Waals surface area contributed by atoms with Gasteiger partial charge in [-0.15, -0.1) is 6.42 Å². The number of hydrogen-bond acceptors (Lipinski definition) is 9. The number of rotatable bonds is 5. The summed E-state index contributed by atoms with van der Waals surface area (Å²) in [5.74, 6) is 2.71. The van der Waals surface area contributed by atoms with Gasteiger partial charge in [-0.1, -0.05) is 12.0 Å². The number of imidazole rings is 1. The molecular formula is C40H42F2N8O3. The second kappa shape index (κ2) is 12.2. The molecule has 4 aliphatic rings. The second-order valence-corrected chi connectivity index (χ2v) is 16.0. The summed E-state index contributed by atoms with van der Waals surface area (Å²) in [6.45, 7) is 8.08. The molecule has 53 heavy (non-hydrogen) atoms. The van der Waals surface area contributed by atoms with Crippen LogP contribution in [0.25, 0.3) is 38.6 Å². The maximum absolute atomic E-state index is 15.2. The number of ether oxygens (including phenoxy) is 2. The molecule has 9 rings (SSSR count). The Bertz CT molecular complexity index is 2340. The standard InChI is InChI=1S/C40H42F2N8O3/c1-5-28-31(42)10-7-23-15-25(43)16-29(33(23)28)30-17-32-34(49-14-12-44-35(30)49)36(46-37(45-32)52-22-40-11-6-13-48(40)19-24(41)18-40)50-26-8-9-27(50)21-47(20-26)38(51)53-39(2,3)4/h1,7,10,12,14-17,24,26-27H,6,8-9,11,13,18-22,43H2,2-4H3/t24-,26?,27?,40+/m1/s1. The minimum Gasteiger partial charge on any atom is -0.461 e. The molecule has 5 aromatic rings. The number of terminal acetylenes is 1. The molecular weight excluding hydrogens is 678 g/mol. The second-order valence-electron chi connectivity index (χ2n) is 16.0. The molecule has 0 aliphatic carbocycles. The van der Waals surface area contributed by atoms with Crippen molar-refractivity contribution in [1.29, 1.82) is 0 Å². The molecule has 274 valence electrons. The smallest absolute Gasteiger partial charge is 0.410 e. The Hall–Kier alpha value is -5.22. The van der Waals surface area contributed by atoms with Gasteiger partial charge in [-0.05, 0) is 88.2 Å². The maximum Gasteiger partial charge on any atom is 0.410 e. The normalized spacial score (nSPS) is 24.3. The van der Waals surface area contributed by atoms with Crippen molar-refractivity contribution >= 4 is 45.1 Å². The molecule has 4 fully saturated rings. The number of amides is 1. The lowest BCUT2D eigenvalue weighted by Gasteiger charge is -2.42. The first-order valence-corrected chi connectivity index (χ1v) is 18.4. The lowest BCUT2D eigenvalue weighted by Crippen LogP contribution is -2.56. The average Bonchev–Trinajstić information content (AvgIpc) is 3.87. The third-order valence-electron chi connectivity index (χ3n) is 11.4. The van der Waals surface area contributed by atoms with E-state index in [0.717, 1.165) is 37.7 Å². The molecule has 4 saturated heterocycles. The van der Waals surface area contributed by atoms with Gasteiger partial charge in [0.2, 0.25) is 0 Å². The number of halogens is 2. The monoisotopic (exact) mass is 720 g/mol. The maximum atomic E-state index is 15.2. The zero-order valence-corrected chi connectivity index (χ0v) is 30.1. The van der Waals surface area contributed by atoms with E-state index in [1.165, 1.54) is 6.07 Å². The number of nitrogens with two attached hydrogens (primary N) is 1. The molecule has 2 unspecified atom stereocenters. The molecule has 7 heterocycles. The quantitative estimate of drug-likeness (QED) is 0.164. The molecule has 2 bridgehead atoms. The van der Waals surface area contributed by atoms with Crippen LogP contribution < -0.4 is 15.4 Å². The number of benzene rings is 2. The van der Waals surface area contributed by atoms with E-state index >= 15 is 4.39 Å². The van der Waals surface area contributed by atoms with E-state index in [9.17, 15) is 9.18 Å². The summed E-state index contributed by atoms with van der Waals surface area (Å²) in [7, 11) is 0. The van der Waals surface area contributed by atoms with Gasteiger partial charge in [0.05, 0.1) is 16.6 Å². The highest BCUT2D eigenvalue weighted by Gasteiger charge is 2.50. The Labute approximate surface area is 306 Å². The largest absolute Gasteiger partial charge is 0.461 e. The van der Waals surface area contributed by atoms with Gasteiger partial charge in [0.15, 0.2) is 5.82 Å². The van der Waals surface area contributed by atoms with E-state index in [-0.39, 0.29) is 36.4 Å². The van der Waals surface area contributed by atoms with Crippen molar-refractivity contribution in [2.24, 2.45) is 0 Å². The van der Waals surface area contributed by atoms with Gasteiger partial charge in [0, 0.05) is 67.2 Å². The Morgan fingerprint density at radius 1 is 1.11 bits per heavy atom. The molecule has 0 radical (unpaired) electrons. The molecule has 4 aliphatic heterocycles. The zero-order chi connectivity index (χ0) is 36.8. The molecule has 11 nitrogen and oxygen atoms in total. The number of likely N-dealkylation sites (tertiary alicyclic amines) is 1. The molecule has 2 aromatic carbocycles. The molecule has 2 N–H and O–H groups in total. The van der Waals surface area contributed by atoms with E-state index in [4.69, 9.17) is 36.6 Å². The van der Waals surface area contributed by atoms with Gasteiger partial charge >= 0.3 is 12.1 Å². The van der Waals surface area contributed by atoms with E-state index in [0.29, 0.717) is 70.6 Å². The first-order valence-electron chi connectivity index (χ1n) is 18.4. The van der Waals surface area contributed by atoms with E-state index in [1.807, 2.05) is 37.4 Å². The summed E-state index contributed by atoms with van der Waals surface area (Å²) in [6.07, 6.45) is 12.2. The van der Waals surface area contributed by atoms with Crippen LogP contribution in [-0.4, -0.2) is 97.4 Å². The number of piperazine rings is 1. The van der Waals surface area contributed by atoms with Crippen LogP contribution in [0.15, 0.2) is 42.7 Å². The molecule has 3 aromatic heterocycles. The van der Waals surface area contributed by atoms with Gasteiger partial charge in [-0.25, -0.2) is 18.6 Å². The van der Waals surface area contributed by atoms with Gasteiger partial charge in [-0.2, -0.15) is 9.97 Å². The highest BCUT2D eigenvalue weighted by Crippen LogP contribution is 2.44. The third-order valence-corrected chi connectivity index (χ3v) is 11.4. The SMILES string of the molecule is C#Cc1c(F)ccc2cc(N)cc(-c3cc4nc(OC[C@@]56CCCN5C[C@H](F)C6)nc(N5C6CCC5CN(C(=O)OC(C)(C)C)C6)c4n4ccnc34)c12. The number of anilines is 2.